The summed E-state index contributed by atoms with van der Waals surface area (Å²) in [5, 5.41) is 8.85. The Morgan fingerprint density at radius 3 is 2.60 bits per heavy atom. The van der Waals surface area contributed by atoms with Gasteiger partial charge in [0.25, 0.3) is 0 Å². The van der Waals surface area contributed by atoms with Gasteiger partial charge in [-0.05, 0) is 12.1 Å². The number of sulfonamides is 1. The van der Waals surface area contributed by atoms with Gasteiger partial charge in [-0.1, -0.05) is 6.07 Å². The van der Waals surface area contributed by atoms with E-state index in [1.165, 1.54) is 6.07 Å². The fraction of sp³-hybridized carbons (Fsp3) is 0.273. The Morgan fingerprint density at radius 1 is 1.40 bits per heavy atom. The molecule has 0 saturated heterocycles. The maximum atomic E-state index is 13.4. The number of carbonyl (C=O) groups excluding carboxylic acids is 1. The summed E-state index contributed by atoms with van der Waals surface area (Å²) in [6.45, 7) is 0. The van der Waals surface area contributed by atoms with Crippen LogP contribution in [0.1, 0.15) is 16.8 Å². The molecule has 0 aliphatic heterocycles. The number of esters is 1. The number of carboxylic acids is 1. The molecule has 0 aliphatic carbocycles. The first kappa shape index (κ1) is 15.9. The molecule has 0 radical (unpaired) electrons. The first-order valence-corrected chi connectivity index (χ1v) is 7.01. The van der Waals surface area contributed by atoms with Crippen LogP contribution in [0.4, 0.5) is 10.1 Å². The Bertz CT molecular complexity index is 628. The molecule has 0 heterocycles. The van der Waals surface area contributed by atoms with Gasteiger partial charge in [0, 0.05) is 0 Å². The first-order valence-electron chi connectivity index (χ1n) is 5.36. The smallest absolute Gasteiger partial charge is 0.340 e. The number of aromatic carboxylic acids is 1. The number of carbonyl (C=O) groups is 2. The summed E-state index contributed by atoms with van der Waals surface area (Å²) < 4.78 is 42.9. The maximum absolute atomic E-state index is 13.4. The van der Waals surface area contributed by atoms with Crippen molar-refractivity contribution in [2.45, 2.75) is 6.42 Å². The van der Waals surface area contributed by atoms with Gasteiger partial charge in [-0.2, -0.15) is 0 Å². The Balaban J connectivity index is 2.96. The molecular formula is C11H12FNO6S. The largest absolute Gasteiger partial charge is 0.478 e. The summed E-state index contributed by atoms with van der Waals surface area (Å²) in [5.41, 5.74) is -1.18. The molecule has 9 heteroatoms. The van der Waals surface area contributed by atoms with E-state index in [1.807, 2.05) is 4.72 Å². The third-order valence-electron chi connectivity index (χ3n) is 2.30. The van der Waals surface area contributed by atoms with Gasteiger partial charge in [-0.25, -0.2) is 17.6 Å². The molecule has 20 heavy (non-hydrogen) atoms. The highest BCUT2D eigenvalue weighted by Gasteiger charge is 2.20. The van der Waals surface area contributed by atoms with Crippen molar-refractivity contribution in [3.63, 3.8) is 0 Å². The number of halogens is 1. The van der Waals surface area contributed by atoms with E-state index in [9.17, 15) is 22.4 Å². The molecule has 0 saturated carbocycles. The summed E-state index contributed by atoms with van der Waals surface area (Å²) in [7, 11) is -2.88. The Hall–Kier alpha value is -2.16. The second kappa shape index (κ2) is 6.33. The van der Waals surface area contributed by atoms with Crippen LogP contribution in [0.2, 0.25) is 0 Å². The minimum Gasteiger partial charge on any atom is -0.478 e. The van der Waals surface area contributed by atoms with Gasteiger partial charge in [0.05, 0.1) is 25.0 Å². The van der Waals surface area contributed by atoms with Gasteiger partial charge < -0.3 is 9.84 Å². The lowest BCUT2D eigenvalue weighted by atomic mass is 10.2. The molecule has 0 aromatic heterocycles. The average molecular weight is 305 g/mol. The van der Waals surface area contributed by atoms with Gasteiger partial charge in [-0.15, -0.1) is 0 Å². The normalized spacial score (nSPS) is 10.9. The standard InChI is InChI=1S/C11H12FNO6S/c1-19-9(14)5-6-20(17,18)13-8-4-2-3-7(12)10(8)11(15)16/h2-4,13H,5-6H2,1H3,(H,15,16). The monoisotopic (exact) mass is 305 g/mol. The van der Waals surface area contributed by atoms with E-state index in [0.717, 1.165) is 19.2 Å². The number of anilines is 1. The van der Waals surface area contributed by atoms with Crippen molar-refractivity contribution in [2.75, 3.05) is 17.6 Å². The minimum atomic E-state index is -3.99. The average Bonchev–Trinajstić information content (AvgIpc) is 2.35. The third-order valence-corrected chi connectivity index (χ3v) is 3.57. The van der Waals surface area contributed by atoms with Crippen LogP contribution in [0, 0.1) is 5.82 Å². The summed E-state index contributed by atoms with van der Waals surface area (Å²) >= 11 is 0. The molecule has 0 bridgehead atoms. The second-order valence-corrected chi connectivity index (χ2v) is 5.56. The van der Waals surface area contributed by atoms with Crippen LogP contribution in [-0.4, -0.2) is 38.3 Å². The van der Waals surface area contributed by atoms with Gasteiger partial charge >= 0.3 is 11.9 Å². The molecule has 2 N–H and O–H groups in total. The van der Waals surface area contributed by atoms with Crippen LogP contribution in [0.5, 0.6) is 0 Å². The summed E-state index contributed by atoms with van der Waals surface area (Å²) in [5.74, 6) is -4.00. The molecule has 0 aliphatic rings. The molecule has 1 aromatic rings. The fourth-order valence-electron chi connectivity index (χ4n) is 1.36. The maximum Gasteiger partial charge on any atom is 0.340 e. The van der Waals surface area contributed by atoms with Crippen molar-refractivity contribution in [2.24, 2.45) is 0 Å². The molecule has 7 nitrogen and oxygen atoms in total. The zero-order valence-corrected chi connectivity index (χ0v) is 11.2. The van der Waals surface area contributed by atoms with Crippen LogP contribution in [0.25, 0.3) is 0 Å². The van der Waals surface area contributed by atoms with Gasteiger partial charge in [-0.3, -0.25) is 9.52 Å². The molecule has 0 atom stereocenters. The Kier molecular flexibility index (Phi) is 5.03. The number of benzene rings is 1. The molecule has 0 spiro atoms. The van der Waals surface area contributed by atoms with Crippen molar-refractivity contribution in [1.29, 1.82) is 0 Å². The van der Waals surface area contributed by atoms with Crippen molar-refractivity contribution in [3.05, 3.63) is 29.6 Å². The highest BCUT2D eigenvalue weighted by Crippen LogP contribution is 2.20. The lowest BCUT2D eigenvalue weighted by Gasteiger charge is -2.10. The van der Waals surface area contributed by atoms with Crippen LogP contribution < -0.4 is 4.72 Å². The summed E-state index contributed by atoms with van der Waals surface area (Å²) in [6.07, 6.45) is -0.399. The molecule has 1 aromatic carbocycles. The van der Waals surface area contributed by atoms with E-state index in [-0.39, 0.29) is 0 Å². The lowest BCUT2D eigenvalue weighted by Crippen LogP contribution is -2.21. The zero-order chi connectivity index (χ0) is 15.3. The molecule has 0 fully saturated rings. The molecule has 1 rings (SSSR count). The zero-order valence-electron chi connectivity index (χ0n) is 10.4. The summed E-state index contributed by atoms with van der Waals surface area (Å²) in [6, 6.07) is 3.18. The molecule has 110 valence electrons. The number of rotatable bonds is 6. The van der Waals surface area contributed by atoms with Crippen LogP contribution in [-0.2, 0) is 19.6 Å². The van der Waals surface area contributed by atoms with Crippen molar-refractivity contribution >= 4 is 27.6 Å². The number of hydrogen-bond acceptors (Lipinski definition) is 5. The highest BCUT2D eigenvalue weighted by molar-refractivity contribution is 7.92. The second-order valence-electron chi connectivity index (χ2n) is 3.71. The number of methoxy groups -OCH3 is 1. The quantitative estimate of drug-likeness (QED) is 0.753. The van der Waals surface area contributed by atoms with Gasteiger partial charge in [0.1, 0.15) is 11.4 Å². The molecule has 0 amide bonds. The van der Waals surface area contributed by atoms with Gasteiger partial charge in [0.15, 0.2) is 0 Å². The minimum absolute atomic E-state index is 0.399. The van der Waals surface area contributed by atoms with E-state index >= 15 is 0 Å². The van der Waals surface area contributed by atoms with Gasteiger partial charge in [0.2, 0.25) is 10.0 Å². The number of hydrogen-bond donors (Lipinski definition) is 2. The van der Waals surface area contributed by atoms with Crippen LogP contribution >= 0.6 is 0 Å². The number of carboxylic acid groups (broad SMARTS) is 1. The van der Waals surface area contributed by atoms with E-state index < -0.39 is 51.2 Å². The van der Waals surface area contributed by atoms with E-state index in [4.69, 9.17) is 5.11 Å². The van der Waals surface area contributed by atoms with E-state index in [0.29, 0.717) is 0 Å². The van der Waals surface area contributed by atoms with Crippen molar-refractivity contribution in [3.8, 4) is 0 Å². The number of nitrogens with one attached hydrogen (secondary N) is 1. The molecule has 0 unspecified atom stereocenters. The predicted molar refractivity (Wildman–Crippen MR) is 67.4 cm³/mol. The fourth-order valence-corrected chi connectivity index (χ4v) is 2.41. The molecular weight excluding hydrogens is 293 g/mol. The predicted octanol–water partition coefficient (Wildman–Crippen LogP) is 0.829. The number of ether oxygens (including phenoxy) is 1. The topological polar surface area (TPSA) is 110 Å². The SMILES string of the molecule is COC(=O)CCS(=O)(=O)Nc1cccc(F)c1C(=O)O. The van der Waals surface area contributed by atoms with Crippen molar-refractivity contribution in [1.82, 2.24) is 0 Å². The van der Waals surface area contributed by atoms with Crippen LogP contribution in [0.15, 0.2) is 18.2 Å². The summed E-state index contributed by atoms with van der Waals surface area (Å²) in [4.78, 5) is 21.8. The highest BCUT2D eigenvalue weighted by atomic mass is 32.2. The third kappa shape index (κ3) is 4.19. The first-order chi connectivity index (χ1) is 9.26. The van der Waals surface area contributed by atoms with E-state index in [2.05, 4.69) is 4.74 Å². The van der Waals surface area contributed by atoms with Crippen molar-refractivity contribution < 1.29 is 32.2 Å². The van der Waals surface area contributed by atoms with Crippen LogP contribution in [0.3, 0.4) is 0 Å². The Morgan fingerprint density at radius 2 is 2.05 bits per heavy atom. The lowest BCUT2D eigenvalue weighted by molar-refractivity contribution is -0.140. The van der Waals surface area contributed by atoms with E-state index in [1.54, 1.807) is 0 Å². The Labute approximate surface area is 114 Å².